The molecule has 5 rings (SSSR count). The number of amides is 2. The number of methoxy groups -OCH3 is 3. The Balaban J connectivity index is 1.31. The van der Waals surface area contributed by atoms with Crippen molar-refractivity contribution in [3.8, 4) is 28.6 Å². The minimum absolute atomic E-state index is 0.0625. The Hall–Kier alpha value is -4.44. The van der Waals surface area contributed by atoms with Gasteiger partial charge in [-0.1, -0.05) is 18.2 Å². The van der Waals surface area contributed by atoms with E-state index in [9.17, 15) is 14.0 Å². The largest absolute Gasteiger partial charge is 0.493 e. The molecule has 1 aliphatic rings. The van der Waals surface area contributed by atoms with Gasteiger partial charge in [0.15, 0.2) is 23.1 Å². The van der Waals surface area contributed by atoms with Crippen molar-refractivity contribution in [2.75, 3.05) is 41.0 Å². The normalized spacial score (nSPS) is 14.3. The first-order valence-corrected chi connectivity index (χ1v) is 13.8. The molecule has 2 heterocycles. The van der Waals surface area contributed by atoms with E-state index in [1.807, 2.05) is 32.0 Å². The van der Waals surface area contributed by atoms with E-state index in [-0.39, 0.29) is 24.1 Å². The van der Waals surface area contributed by atoms with Gasteiger partial charge in [0, 0.05) is 6.54 Å². The van der Waals surface area contributed by atoms with Gasteiger partial charge in [-0.2, -0.15) is 0 Å². The lowest BCUT2D eigenvalue weighted by Gasteiger charge is -2.37. The summed E-state index contributed by atoms with van der Waals surface area (Å²) in [5.41, 5.74) is 2.70. The Morgan fingerprint density at radius 2 is 1.76 bits per heavy atom. The first-order chi connectivity index (χ1) is 20.2. The lowest BCUT2D eigenvalue weighted by Crippen LogP contribution is -2.52. The number of hydrogen-bond acceptors (Lipinski definition) is 7. The van der Waals surface area contributed by atoms with Crippen LogP contribution in [0.4, 0.5) is 4.39 Å². The maximum absolute atomic E-state index is 14.4. The molecule has 220 valence electrons. The standard InChI is InChI=1S/C32H35FN4O5/c1-32(2)21-11-12-23-27(36-29(35-23)20-8-6-9-22(33)28(20)42-5)26(21)30(38)37(31(32)39)17-7-15-34-16-14-19-10-13-24(40-3)25(18-19)41-4/h6,8-13,18,34H,7,14-17H2,1-5H3,(H,35,36). The molecule has 9 nitrogen and oxygen atoms in total. The van der Waals surface area contributed by atoms with Crippen molar-refractivity contribution < 1.29 is 28.2 Å². The topological polar surface area (TPSA) is 106 Å². The summed E-state index contributed by atoms with van der Waals surface area (Å²) in [6, 6.07) is 14.0. The van der Waals surface area contributed by atoms with Crippen LogP contribution in [0.5, 0.6) is 17.2 Å². The second kappa shape index (κ2) is 11.8. The first kappa shape index (κ1) is 29.1. The van der Waals surface area contributed by atoms with Crippen LogP contribution in [0.25, 0.3) is 22.4 Å². The Morgan fingerprint density at radius 1 is 0.976 bits per heavy atom. The molecule has 1 aliphatic heterocycles. The van der Waals surface area contributed by atoms with Crippen LogP contribution in [0.1, 0.15) is 41.8 Å². The van der Waals surface area contributed by atoms with Gasteiger partial charge in [0.25, 0.3) is 5.91 Å². The third-order valence-electron chi connectivity index (χ3n) is 7.77. The van der Waals surface area contributed by atoms with Gasteiger partial charge in [-0.15, -0.1) is 0 Å². The fourth-order valence-electron chi connectivity index (χ4n) is 5.48. The average molecular weight is 575 g/mol. The van der Waals surface area contributed by atoms with Gasteiger partial charge >= 0.3 is 0 Å². The minimum Gasteiger partial charge on any atom is -0.493 e. The summed E-state index contributed by atoms with van der Waals surface area (Å²) >= 11 is 0. The van der Waals surface area contributed by atoms with Crippen molar-refractivity contribution in [1.82, 2.24) is 20.2 Å². The Kier molecular flexibility index (Phi) is 8.17. The molecule has 0 spiro atoms. The average Bonchev–Trinajstić information content (AvgIpc) is 3.43. The van der Waals surface area contributed by atoms with Gasteiger partial charge in [0.1, 0.15) is 11.3 Å². The molecule has 0 radical (unpaired) electrons. The van der Waals surface area contributed by atoms with Crippen molar-refractivity contribution in [1.29, 1.82) is 0 Å². The molecule has 0 atom stereocenters. The SMILES string of the molecule is COc1ccc(CCNCCCN2C(=O)c3c(ccc4[nH]c(-c5cccc(F)c5OC)nc34)C(C)(C)C2=O)cc1OC. The molecule has 42 heavy (non-hydrogen) atoms. The number of nitrogens with one attached hydrogen (secondary N) is 2. The molecule has 3 aromatic carbocycles. The number of hydrogen-bond donors (Lipinski definition) is 2. The van der Waals surface area contributed by atoms with Gasteiger partial charge in [0.05, 0.1) is 43.4 Å². The number of halogens is 1. The summed E-state index contributed by atoms with van der Waals surface area (Å²) in [6.07, 6.45) is 1.38. The van der Waals surface area contributed by atoms with Gasteiger partial charge in [0.2, 0.25) is 5.91 Å². The smallest absolute Gasteiger partial charge is 0.263 e. The Labute approximate surface area is 244 Å². The molecule has 4 aromatic rings. The van der Waals surface area contributed by atoms with Gasteiger partial charge in [-0.3, -0.25) is 14.5 Å². The lowest BCUT2D eigenvalue weighted by atomic mass is 9.76. The predicted octanol–water partition coefficient (Wildman–Crippen LogP) is 4.88. The van der Waals surface area contributed by atoms with E-state index >= 15 is 0 Å². The number of fused-ring (bicyclic) bond motifs is 3. The van der Waals surface area contributed by atoms with Gasteiger partial charge in [-0.25, -0.2) is 9.37 Å². The number of para-hydroxylation sites is 1. The fourth-order valence-corrected chi connectivity index (χ4v) is 5.48. The summed E-state index contributed by atoms with van der Waals surface area (Å²) < 4.78 is 30.3. The van der Waals surface area contributed by atoms with Crippen molar-refractivity contribution in [2.45, 2.75) is 32.1 Å². The highest BCUT2D eigenvalue weighted by Crippen LogP contribution is 2.39. The molecule has 0 saturated carbocycles. The number of rotatable bonds is 11. The first-order valence-electron chi connectivity index (χ1n) is 13.8. The number of aromatic amines is 1. The highest BCUT2D eigenvalue weighted by Gasteiger charge is 2.45. The van der Waals surface area contributed by atoms with Crippen molar-refractivity contribution in [3.05, 3.63) is 71.0 Å². The molecule has 0 saturated heterocycles. The van der Waals surface area contributed by atoms with Crippen LogP contribution in [-0.4, -0.2) is 67.6 Å². The molecular weight excluding hydrogens is 539 g/mol. The number of imide groups is 1. The zero-order chi connectivity index (χ0) is 30.0. The number of ether oxygens (including phenoxy) is 3. The molecule has 2 amide bonds. The van der Waals surface area contributed by atoms with Crippen molar-refractivity contribution in [3.63, 3.8) is 0 Å². The second-order valence-electron chi connectivity index (χ2n) is 10.7. The maximum Gasteiger partial charge on any atom is 0.263 e. The quantitative estimate of drug-likeness (QED) is 0.194. The maximum atomic E-state index is 14.4. The van der Waals surface area contributed by atoms with E-state index in [2.05, 4.69) is 10.3 Å². The summed E-state index contributed by atoms with van der Waals surface area (Å²) in [7, 11) is 4.61. The number of H-pyrrole nitrogens is 1. The molecule has 2 N–H and O–H groups in total. The predicted molar refractivity (Wildman–Crippen MR) is 158 cm³/mol. The van der Waals surface area contributed by atoms with E-state index in [4.69, 9.17) is 19.2 Å². The summed E-state index contributed by atoms with van der Waals surface area (Å²) in [5.74, 6) is 0.681. The van der Waals surface area contributed by atoms with E-state index in [0.717, 1.165) is 18.5 Å². The number of imidazole rings is 1. The van der Waals surface area contributed by atoms with Crippen molar-refractivity contribution in [2.24, 2.45) is 0 Å². The molecule has 0 aliphatic carbocycles. The molecule has 10 heteroatoms. The highest BCUT2D eigenvalue weighted by molar-refractivity contribution is 6.18. The number of carbonyl (C=O) groups excluding carboxylic acids is 2. The van der Waals surface area contributed by atoms with E-state index in [1.54, 1.807) is 38.5 Å². The molecule has 0 bridgehead atoms. The number of benzene rings is 3. The number of aromatic nitrogens is 2. The summed E-state index contributed by atoms with van der Waals surface area (Å²) in [4.78, 5) is 36.5. The zero-order valence-corrected chi connectivity index (χ0v) is 24.5. The van der Waals surface area contributed by atoms with Crippen LogP contribution in [0.15, 0.2) is 48.5 Å². The van der Waals surface area contributed by atoms with Gasteiger partial charge in [-0.05, 0) is 81.2 Å². The number of carbonyl (C=O) groups is 2. The second-order valence-corrected chi connectivity index (χ2v) is 10.7. The molecule has 1 aromatic heterocycles. The summed E-state index contributed by atoms with van der Waals surface area (Å²) in [6.45, 7) is 5.28. The molecule has 0 fully saturated rings. The third kappa shape index (κ3) is 5.18. The third-order valence-corrected chi connectivity index (χ3v) is 7.77. The van der Waals surface area contributed by atoms with Gasteiger partial charge < -0.3 is 24.5 Å². The van der Waals surface area contributed by atoms with E-state index < -0.39 is 11.2 Å². The monoisotopic (exact) mass is 574 g/mol. The molecule has 0 unspecified atom stereocenters. The highest BCUT2D eigenvalue weighted by atomic mass is 19.1. The van der Waals surface area contributed by atoms with Crippen LogP contribution >= 0.6 is 0 Å². The fraction of sp³-hybridized carbons (Fsp3) is 0.344. The van der Waals surface area contributed by atoms with E-state index in [1.165, 1.54) is 18.1 Å². The van der Waals surface area contributed by atoms with Crippen LogP contribution in [0.3, 0.4) is 0 Å². The minimum atomic E-state index is -0.923. The molecular formula is C32H35FN4O5. The van der Waals surface area contributed by atoms with Crippen LogP contribution in [0.2, 0.25) is 0 Å². The van der Waals surface area contributed by atoms with Crippen LogP contribution in [-0.2, 0) is 16.6 Å². The zero-order valence-electron chi connectivity index (χ0n) is 24.5. The summed E-state index contributed by atoms with van der Waals surface area (Å²) in [5, 5.41) is 3.39. The Morgan fingerprint density at radius 3 is 2.50 bits per heavy atom. The van der Waals surface area contributed by atoms with Crippen LogP contribution in [0, 0.1) is 5.82 Å². The van der Waals surface area contributed by atoms with Crippen LogP contribution < -0.4 is 19.5 Å². The number of nitrogens with zero attached hydrogens (tertiary/aromatic N) is 2. The Bertz CT molecular complexity index is 1650. The van der Waals surface area contributed by atoms with E-state index in [0.29, 0.717) is 58.0 Å². The van der Waals surface area contributed by atoms with Crippen molar-refractivity contribution >= 4 is 22.8 Å². The lowest BCUT2D eigenvalue weighted by molar-refractivity contribution is -0.134.